The smallest absolute Gasteiger partial charge is 0.339 e. The Morgan fingerprint density at radius 3 is 2.69 bits per heavy atom. The number of methoxy groups -OCH3 is 1. The van der Waals surface area contributed by atoms with Crippen molar-refractivity contribution in [3.05, 3.63) is 16.5 Å². The molecule has 1 heterocycles. The van der Waals surface area contributed by atoms with E-state index in [4.69, 9.17) is 0 Å². The van der Waals surface area contributed by atoms with Crippen molar-refractivity contribution >= 4 is 28.4 Å². The number of carbonyl (C=O) groups is 1. The summed E-state index contributed by atoms with van der Waals surface area (Å²) in [6, 6.07) is 0. The SMILES string of the molecule is COC(=O)c1csc(S(=O)[O-])c1C. The molecule has 0 radical (unpaired) electrons. The molecule has 6 heteroatoms. The first kappa shape index (κ1) is 10.4. The summed E-state index contributed by atoms with van der Waals surface area (Å²) in [4.78, 5) is 11.1. The van der Waals surface area contributed by atoms with E-state index in [1.165, 1.54) is 12.5 Å². The summed E-state index contributed by atoms with van der Waals surface area (Å²) in [6.07, 6.45) is 0. The number of hydrogen-bond acceptors (Lipinski definition) is 5. The number of esters is 1. The Labute approximate surface area is 81.8 Å². The largest absolute Gasteiger partial charge is 0.768 e. The Kier molecular flexibility index (Phi) is 3.18. The van der Waals surface area contributed by atoms with Gasteiger partial charge in [0, 0.05) is 5.38 Å². The highest BCUT2D eigenvalue weighted by molar-refractivity contribution is 7.81. The van der Waals surface area contributed by atoms with E-state index in [0.717, 1.165) is 11.3 Å². The van der Waals surface area contributed by atoms with Gasteiger partial charge >= 0.3 is 5.97 Å². The van der Waals surface area contributed by atoms with Crippen LogP contribution in [0.2, 0.25) is 0 Å². The van der Waals surface area contributed by atoms with Crippen molar-refractivity contribution in [3.8, 4) is 0 Å². The van der Waals surface area contributed by atoms with E-state index in [-0.39, 0.29) is 4.21 Å². The minimum atomic E-state index is -2.28. The molecule has 0 fully saturated rings. The fraction of sp³-hybridized carbons (Fsp3) is 0.286. The summed E-state index contributed by atoms with van der Waals surface area (Å²) >= 11 is -1.26. The van der Waals surface area contributed by atoms with E-state index >= 15 is 0 Å². The van der Waals surface area contributed by atoms with E-state index in [9.17, 15) is 13.6 Å². The molecule has 72 valence electrons. The molecule has 0 N–H and O–H groups in total. The molecule has 0 bridgehead atoms. The average molecular weight is 219 g/mol. The maximum absolute atomic E-state index is 11.1. The summed E-state index contributed by atoms with van der Waals surface area (Å²) in [5.74, 6) is -0.509. The second kappa shape index (κ2) is 3.99. The Morgan fingerprint density at radius 1 is 1.69 bits per heavy atom. The van der Waals surface area contributed by atoms with Crippen molar-refractivity contribution in [3.63, 3.8) is 0 Å². The molecule has 1 aromatic heterocycles. The summed E-state index contributed by atoms with van der Waals surface area (Å²) in [5, 5.41) is 1.48. The van der Waals surface area contributed by atoms with Crippen LogP contribution in [0.5, 0.6) is 0 Å². The molecule has 1 rings (SSSR count). The molecule has 0 spiro atoms. The van der Waals surface area contributed by atoms with Crippen molar-refractivity contribution in [2.75, 3.05) is 7.11 Å². The Bertz CT molecular complexity index is 355. The van der Waals surface area contributed by atoms with Gasteiger partial charge in [-0.05, 0) is 23.6 Å². The number of carbonyl (C=O) groups excluding carboxylic acids is 1. The van der Waals surface area contributed by atoms with Crippen LogP contribution >= 0.6 is 11.3 Å². The second-order valence-electron chi connectivity index (χ2n) is 2.29. The van der Waals surface area contributed by atoms with Crippen LogP contribution in [0.25, 0.3) is 0 Å². The van der Waals surface area contributed by atoms with Gasteiger partial charge < -0.3 is 9.29 Å². The zero-order chi connectivity index (χ0) is 10.0. The van der Waals surface area contributed by atoms with Crippen LogP contribution in [-0.2, 0) is 15.8 Å². The normalized spacial score (nSPS) is 12.5. The zero-order valence-electron chi connectivity index (χ0n) is 7.03. The fourth-order valence-electron chi connectivity index (χ4n) is 0.875. The standard InChI is InChI=1S/C7H8O4S2/c1-4-5(6(8)11-2)3-12-7(4)13(9)10/h3H,1-2H3,(H,9,10)/p-1. The number of ether oxygens (including phenoxy) is 1. The molecule has 4 nitrogen and oxygen atoms in total. The van der Waals surface area contributed by atoms with Gasteiger partial charge in [0.1, 0.15) is 0 Å². The molecule has 1 unspecified atom stereocenters. The van der Waals surface area contributed by atoms with Gasteiger partial charge in [-0.3, -0.25) is 4.21 Å². The lowest BCUT2D eigenvalue weighted by molar-refractivity contribution is 0.0600. The predicted octanol–water partition coefficient (Wildman–Crippen LogP) is 1.08. The quantitative estimate of drug-likeness (QED) is 0.551. The minimum Gasteiger partial charge on any atom is -0.768 e. The number of hydrogen-bond donors (Lipinski definition) is 0. The van der Waals surface area contributed by atoms with Crippen LogP contribution in [0.3, 0.4) is 0 Å². The third-order valence-corrected chi connectivity index (χ3v) is 3.73. The number of thiophene rings is 1. The van der Waals surface area contributed by atoms with Gasteiger partial charge in [-0.15, -0.1) is 11.3 Å². The summed E-state index contributed by atoms with van der Waals surface area (Å²) in [6.45, 7) is 1.58. The molecule has 1 aromatic rings. The Morgan fingerprint density at radius 2 is 2.31 bits per heavy atom. The van der Waals surface area contributed by atoms with Gasteiger partial charge in [-0.2, -0.15) is 0 Å². The van der Waals surface area contributed by atoms with E-state index in [1.807, 2.05) is 0 Å². The average Bonchev–Trinajstić information content (AvgIpc) is 2.46. The Hall–Kier alpha value is -0.720. The van der Waals surface area contributed by atoms with Gasteiger partial charge in [0.2, 0.25) is 0 Å². The van der Waals surface area contributed by atoms with E-state index in [2.05, 4.69) is 4.74 Å². The lowest BCUT2D eigenvalue weighted by atomic mass is 10.2. The molecule has 0 saturated carbocycles. The van der Waals surface area contributed by atoms with Gasteiger partial charge in [0.25, 0.3) is 0 Å². The minimum absolute atomic E-state index is 0.181. The summed E-state index contributed by atoms with van der Waals surface area (Å²) in [7, 11) is 1.26. The van der Waals surface area contributed by atoms with Crippen molar-refractivity contribution in [2.45, 2.75) is 11.1 Å². The first-order chi connectivity index (χ1) is 6.07. The third-order valence-electron chi connectivity index (χ3n) is 1.55. The maximum atomic E-state index is 11.1. The highest BCUT2D eigenvalue weighted by Crippen LogP contribution is 2.24. The summed E-state index contributed by atoms with van der Waals surface area (Å²) < 4.78 is 25.9. The highest BCUT2D eigenvalue weighted by Gasteiger charge is 2.14. The van der Waals surface area contributed by atoms with E-state index in [0.29, 0.717) is 11.1 Å². The van der Waals surface area contributed by atoms with Crippen LogP contribution in [0.15, 0.2) is 9.59 Å². The van der Waals surface area contributed by atoms with Gasteiger partial charge in [0.15, 0.2) is 0 Å². The summed E-state index contributed by atoms with van der Waals surface area (Å²) in [5.41, 5.74) is 0.761. The van der Waals surface area contributed by atoms with Crippen molar-refractivity contribution in [1.82, 2.24) is 0 Å². The van der Waals surface area contributed by atoms with Gasteiger partial charge in [-0.25, -0.2) is 4.79 Å². The van der Waals surface area contributed by atoms with Crippen LogP contribution < -0.4 is 0 Å². The molecule has 0 amide bonds. The lowest BCUT2D eigenvalue weighted by Gasteiger charge is -2.03. The molecule has 0 aliphatic rings. The third kappa shape index (κ3) is 1.96. The fourth-order valence-corrected chi connectivity index (χ4v) is 2.48. The molecule has 0 saturated heterocycles. The van der Waals surface area contributed by atoms with Crippen LogP contribution in [0.4, 0.5) is 0 Å². The predicted molar refractivity (Wildman–Crippen MR) is 47.6 cm³/mol. The molecule has 13 heavy (non-hydrogen) atoms. The van der Waals surface area contributed by atoms with Gasteiger partial charge in [0.05, 0.1) is 16.9 Å². The first-order valence-electron chi connectivity index (χ1n) is 3.33. The van der Waals surface area contributed by atoms with E-state index in [1.54, 1.807) is 6.92 Å². The topological polar surface area (TPSA) is 66.4 Å². The Balaban J connectivity index is 3.13. The van der Waals surface area contributed by atoms with Gasteiger partial charge in [-0.1, -0.05) is 0 Å². The van der Waals surface area contributed by atoms with Crippen LogP contribution in [-0.4, -0.2) is 21.8 Å². The lowest BCUT2D eigenvalue weighted by Crippen LogP contribution is -2.01. The molecule has 0 aliphatic carbocycles. The van der Waals surface area contributed by atoms with Crippen LogP contribution in [0, 0.1) is 6.92 Å². The van der Waals surface area contributed by atoms with Crippen molar-refractivity contribution in [2.24, 2.45) is 0 Å². The maximum Gasteiger partial charge on any atom is 0.339 e. The zero-order valence-corrected chi connectivity index (χ0v) is 8.66. The monoisotopic (exact) mass is 219 g/mol. The molecule has 1 atom stereocenters. The van der Waals surface area contributed by atoms with E-state index < -0.39 is 17.0 Å². The number of rotatable bonds is 2. The molecular weight excluding hydrogens is 212 g/mol. The van der Waals surface area contributed by atoms with Crippen LogP contribution in [0.1, 0.15) is 15.9 Å². The molecule has 0 aliphatic heterocycles. The molecular formula is C7H7O4S2-. The second-order valence-corrected chi connectivity index (χ2v) is 4.30. The first-order valence-corrected chi connectivity index (χ1v) is 5.29. The molecule has 0 aromatic carbocycles. The van der Waals surface area contributed by atoms with Crippen molar-refractivity contribution < 1.29 is 18.3 Å². The van der Waals surface area contributed by atoms with Crippen molar-refractivity contribution in [1.29, 1.82) is 0 Å². The highest BCUT2D eigenvalue weighted by atomic mass is 32.2.